The molecule has 2 aromatic carbocycles. The van der Waals surface area contributed by atoms with Gasteiger partial charge in [0.25, 0.3) is 11.8 Å². The predicted molar refractivity (Wildman–Crippen MR) is 147 cm³/mol. The van der Waals surface area contributed by atoms with E-state index in [1.54, 1.807) is 36.1 Å². The summed E-state index contributed by atoms with van der Waals surface area (Å²) in [5, 5.41) is 0. The molecule has 1 aromatic heterocycles. The summed E-state index contributed by atoms with van der Waals surface area (Å²) in [5.41, 5.74) is 1.90. The van der Waals surface area contributed by atoms with Crippen molar-refractivity contribution in [1.82, 2.24) is 9.47 Å². The number of hydrogen-bond donors (Lipinski definition) is 0. The third-order valence-electron chi connectivity index (χ3n) is 6.59. The van der Waals surface area contributed by atoms with Crippen LogP contribution in [0.5, 0.6) is 11.5 Å². The lowest BCUT2D eigenvalue weighted by atomic mass is 9.96. The molecule has 2 amide bonds. The molecule has 0 saturated carbocycles. The number of aryl methyl sites for hydroxylation is 1. The van der Waals surface area contributed by atoms with Crippen molar-refractivity contribution in [2.45, 2.75) is 33.2 Å². The van der Waals surface area contributed by atoms with Gasteiger partial charge in [0.15, 0.2) is 16.3 Å². The molecule has 9 nitrogen and oxygen atoms in total. The van der Waals surface area contributed by atoms with Gasteiger partial charge in [0, 0.05) is 41.8 Å². The maximum Gasteiger partial charge on any atom is 0.309 e. The monoisotopic (exact) mass is 551 g/mol. The molecule has 0 spiro atoms. The highest BCUT2D eigenvalue weighted by molar-refractivity contribution is 7.09. The summed E-state index contributed by atoms with van der Waals surface area (Å²) < 4.78 is 17.6. The predicted octanol–water partition coefficient (Wildman–Crippen LogP) is 4.08. The number of methoxy groups -OCH3 is 2. The van der Waals surface area contributed by atoms with Crippen LogP contribution in [0.3, 0.4) is 0 Å². The first kappa shape index (κ1) is 28.1. The molecule has 0 unspecified atom stereocenters. The highest BCUT2D eigenvalue weighted by atomic mass is 32.1. The lowest BCUT2D eigenvalue weighted by molar-refractivity contribution is -0.149. The van der Waals surface area contributed by atoms with Crippen LogP contribution in [0.25, 0.3) is 0 Å². The summed E-state index contributed by atoms with van der Waals surface area (Å²) in [6.07, 6.45) is 3.15. The van der Waals surface area contributed by atoms with E-state index in [1.165, 1.54) is 25.6 Å². The fraction of sp³-hybridized carbons (Fsp3) is 0.379. The number of rotatable bonds is 8. The molecular formula is C29H33N3O6S. The van der Waals surface area contributed by atoms with Crippen molar-refractivity contribution < 1.29 is 28.6 Å². The van der Waals surface area contributed by atoms with Gasteiger partial charge in [-0.1, -0.05) is 12.1 Å². The Balaban J connectivity index is 1.49. The molecule has 0 N–H and O–H groups in total. The zero-order chi connectivity index (χ0) is 27.9. The molecule has 206 valence electrons. The van der Waals surface area contributed by atoms with E-state index in [2.05, 4.69) is 4.99 Å². The molecule has 3 aromatic rings. The molecule has 4 rings (SSSR count). The van der Waals surface area contributed by atoms with Gasteiger partial charge >= 0.3 is 5.97 Å². The fourth-order valence-corrected chi connectivity index (χ4v) is 5.42. The molecule has 0 atom stereocenters. The zero-order valence-corrected chi connectivity index (χ0v) is 23.5. The minimum absolute atomic E-state index is 0.0563. The summed E-state index contributed by atoms with van der Waals surface area (Å²) in [5.74, 6) is 0.220. The Morgan fingerprint density at radius 1 is 1.00 bits per heavy atom. The lowest BCUT2D eigenvalue weighted by Crippen LogP contribution is -2.40. The highest BCUT2D eigenvalue weighted by Crippen LogP contribution is 2.28. The lowest BCUT2D eigenvalue weighted by Gasteiger charge is -2.31. The number of aromatic nitrogens is 1. The first-order valence-corrected chi connectivity index (χ1v) is 13.7. The quantitative estimate of drug-likeness (QED) is 0.391. The van der Waals surface area contributed by atoms with Gasteiger partial charge in [-0.15, -0.1) is 11.3 Å². The topological polar surface area (TPSA) is 99.4 Å². The summed E-state index contributed by atoms with van der Waals surface area (Å²) in [6, 6.07) is 12.4. The van der Waals surface area contributed by atoms with Crippen LogP contribution in [0.15, 0.2) is 53.7 Å². The maximum atomic E-state index is 13.2. The highest BCUT2D eigenvalue weighted by Gasteiger charge is 2.28. The number of likely N-dealkylation sites (tertiary alicyclic amines) is 1. The van der Waals surface area contributed by atoms with Gasteiger partial charge in [-0.3, -0.25) is 14.4 Å². The molecule has 0 bridgehead atoms. The number of carbonyl (C=O) groups is 3. The summed E-state index contributed by atoms with van der Waals surface area (Å²) in [7, 11) is 3.06. The maximum absolute atomic E-state index is 13.2. The molecule has 1 saturated heterocycles. The van der Waals surface area contributed by atoms with E-state index in [-0.39, 0.29) is 23.7 Å². The van der Waals surface area contributed by atoms with Crippen molar-refractivity contribution >= 4 is 29.1 Å². The van der Waals surface area contributed by atoms with Crippen LogP contribution in [0.1, 0.15) is 50.9 Å². The molecule has 0 aliphatic carbocycles. The van der Waals surface area contributed by atoms with Gasteiger partial charge in [-0.05, 0) is 62.6 Å². The minimum Gasteiger partial charge on any atom is -0.493 e. The Bertz CT molecular complexity index is 1420. The van der Waals surface area contributed by atoms with Crippen molar-refractivity contribution in [3.63, 3.8) is 0 Å². The molecule has 1 aliphatic heterocycles. The second-order valence-electron chi connectivity index (χ2n) is 9.26. The van der Waals surface area contributed by atoms with E-state index >= 15 is 0 Å². The SMILES string of the molecule is CCOC(=O)C1CCN(C(=O)c2cccc(Cn3cc(C)sc3=NC(=O)c3ccc(OC)c(OC)c3)c2)CC1. The zero-order valence-electron chi connectivity index (χ0n) is 22.6. The molecule has 10 heteroatoms. The number of nitrogens with zero attached hydrogens (tertiary/aromatic N) is 3. The van der Waals surface area contributed by atoms with E-state index in [0.29, 0.717) is 66.5 Å². The number of carbonyl (C=O) groups excluding carboxylic acids is 3. The van der Waals surface area contributed by atoms with Crippen LogP contribution < -0.4 is 14.3 Å². The third-order valence-corrected chi connectivity index (χ3v) is 7.53. The number of hydrogen-bond acceptors (Lipinski definition) is 7. The number of esters is 1. The molecule has 1 aliphatic rings. The molecule has 2 heterocycles. The van der Waals surface area contributed by atoms with Gasteiger partial charge in [-0.2, -0.15) is 4.99 Å². The molecule has 1 fully saturated rings. The van der Waals surface area contributed by atoms with Crippen LogP contribution >= 0.6 is 11.3 Å². The average Bonchev–Trinajstić information content (AvgIpc) is 3.30. The van der Waals surface area contributed by atoms with E-state index in [0.717, 1.165) is 10.4 Å². The Hall–Kier alpha value is -3.92. The first-order chi connectivity index (χ1) is 18.8. The Labute approximate surface area is 231 Å². The summed E-state index contributed by atoms with van der Waals surface area (Å²) in [6.45, 7) is 5.62. The average molecular weight is 552 g/mol. The van der Waals surface area contributed by atoms with Gasteiger partial charge in [-0.25, -0.2) is 0 Å². The second-order valence-corrected chi connectivity index (χ2v) is 10.5. The van der Waals surface area contributed by atoms with E-state index in [9.17, 15) is 14.4 Å². The van der Waals surface area contributed by atoms with Crippen LogP contribution in [0, 0.1) is 12.8 Å². The van der Waals surface area contributed by atoms with Crippen molar-refractivity contribution in [1.29, 1.82) is 0 Å². The van der Waals surface area contributed by atoms with E-state index in [4.69, 9.17) is 14.2 Å². The van der Waals surface area contributed by atoms with Crippen molar-refractivity contribution in [2.75, 3.05) is 33.9 Å². The summed E-state index contributed by atoms with van der Waals surface area (Å²) >= 11 is 1.42. The number of thiazole rings is 1. The molecule has 39 heavy (non-hydrogen) atoms. The van der Waals surface area contributed by atoms with Gasteiger partial charge in [0.2, 0.25) is 0 Å². The minimum atomic E-state index is -0.387. The van der Waals surface area contributed by atoms with E-state index in [1.807, 2.05) is 35.9 Å². The Kier molecular flexibility index (Phi) is 9.19. The largest absolute Gasteiger partial charge is 0.493 e. The fourth-order valence-electron chi connectivity index (χ4n) is 4.59. The van der Waals surface area contributed by atoms with Crippen LogP contribution in [0.4, 0.5) is 0 Å². The summed E-state index contributed by atoms with van der Waals surface area (Å²) in [4.78, 5) is 45.9. The molecule has 0 radical (unpaired) electrons. The smallest absolute Gasteiger partial charge is 0.309 e. The number of ether oxygens (including phenoxy) is 3. The Morgan fingerprint density at radius 3 is 2.44 bits per heavy atom. The van der Waals surface area contributed by atoms with Crippen LogP contribution in [-0.4, -0.2) is 61.2 Å². The van der Waals surface area contributed by atoms with Crippen LogP contribution in [0.2, 0.25) is 0 Å². The van der Waals surface area contributed by atoms with Crippen LogP contribution in [-0.2, 0) is 16.1 Å². The number of piperidine rings is 1. The standard InChI is InChI=1S/C29H33N3O6S/c1-5-38-28(35)21-11-13-31(14-12-21)27(34)23-8-6-7-20(15-23)18-32-17-19(2)39-29(32)30-26(33)22-9-10-24(36-3)25(16-22)37-4/h6-10,15-17,21H,5,11-14,18H2,1-4H3. The third kappa shape index (κ3) is 6.75. The Morgan fingerprint density at radius 2 is 1.74 bits per heavy atom. The van der Waals surface area contributed by atoms with Crippen molar-refractivity contribution in [3.05, 3.63) is 75.0 Å². The van der Waals surface area contributed by atoms with Crippen molar-refractivity contribution in [2.24, 2.45) is 10.9 Å². The van der Waals surface area contributed by atoms with Gasteiger partial charge in [0.1, 0.15) is 0 Å². The van der Waals surface area contributed by atoms with Crippen molar-refractivity contribution in [3.8, 4) is 11.5 Å². The number of amides is 2. The first-order valence-electron chi connectivity index (χ1n) is 12.9. The van der Waals surface area contributed by atoms with E-state index < -0.39 is 0 Å². The van der Waals surface area contributed by atoms with Gasteiger partial charge in [0.05, 0.1) is 26.7 Å². The van der Waals surface area contributed by atoms with Gasteiger partial charge < -0.3 is 23.7 Å². The molecular weight excluding hydrogens is 518 g/mol. The second kappa shape index (κ2) is 12.8. The normalized spacial score (nSPS) is 14.3. The number of benzene rings is 2.